The summed E-state index contributed by atoms with van der Waals surface area (Å²) in [5.41, 5.74) is 3.19. The molecule has 0 aliphatic carbocycles. The molecule has 0 atom stereocenters. The molecular weight excluding hydrogens is 438 g/mol. The van der Waals surface area contributed by atoms with Gasteiger partial charge in [0.1, 0.15) is 13.2 Å². The highest BCUT2D eigenvalue weighted by Gasteiger charge is 2.19. The van der Waals surface area contributed by atoms with Gasteiger partial charge in [0.25, 0.3) is 5.56 Å². The lowest BCUT2D eigenvalue weighted by Gasteiger charge is -2.32. The van der Waals surface area contributed by atoms with Crippen molar-refractivity contribution in [1.82, 2.24) is 14.8 Å². The number of rotatable bonds is 6. The minimum absolute atomic E-state index is 0. The number of pyridine rings is 1. The van der Waals surface area contributed by atoms with Crippen molar-refractivity contribution in [3.05, 3.63) is 70.0 Å². The Morgan fingerprint density at radius 3 is 2.55 bits per heavy atom. The second-order valence-electron chi connectivity index (χ2n) is 8.82. The van der Waals surface area contributed by atoms with Crippen molar-refractivity contribution < 1.29 is 9.47 Å². The molecule has 0 unspecified atom stereocenters. The molecule has 2 aliphatic rings. The second kappa shape index (κ2) is 10.6. The number of hydrogen-bond donors (Lipinski definition) is 1. The topological polar surface area (TPSA) is 55.7 Å². The predicted molar refractivity (Wildman–Crippen MR) is 134 cm³/mol. The molecule has 2 aromatic carbocycles. The largest absolute Gasteiger partial charge is 0.486 e. The van der Waals surface area contributed by atoms with Crippen LogP contribution in [0.25, 0.3) is 10.9 Å². The third-order valence-electron chi connectivity index (χ3n) is 6.61. The Labute approximate surface area is 200 Å². The number of piperidine rings is 1. The Bertz CT molecular complexity index is 1160. The molecule has 0 bridgehead atoms. The van der Waals surface area contributed by atoms with Gasteiger partial charge in [-0.3, -0.25) is 4.79 Å². The molecule has 1 fully saturated rings. The maximum Gasteiger partial charge on any atom is 0.253 e. The van der Waals surface area contributed by atoms with Crippen LogP contribution in [0.15, 0.2) is 53.3 Å². The monoisotopic (exact) mass is 469 g/mol. The van der Waals surface area contributed by atoms with E-state index < -0.39 is 0 Å². The standard InChI is InChI=1S/C26H31N3O3.ClH/c1-19-16-21-4-2-3-5-23(21)29(26(19)30)13-12-28-10-8-22(9-11-28)27-18-20-6-7-24-25(17-20)32-15-14-31-24;/h2-7,16-17,22,27H,8-15,18H2,1H3;1H. The molecule has 5 rings (SSSR count). The predicted octanol–water partition coefficient (Wildman–Crippen LogP) is 3.76. The first-order valence-corrected chi connectivity index (χ1v) is 11.6. The van der Waals surface area contributed by atoms with Crippen molar-refractivity contribution in [1.29, 1.82) is 0 Å². The molecule has 7 heteroatoms. The van der Waals surface area contributed by atoms with Crippen LogP contribution in [0.4, 0.5) is 0 Å². The molecule has 1 N–H and O–H groups in total. The molecule has 0 radical (unpaired) electrons. The lowest BCUT2D eigenvalue weighted by Crippen LogP contribution is -2.43. The highest BCUT2D eigenvalue weighted by atomic mass is 35.5. The summed E-state index contributed by atoms with van der Waals surface area (Å²) in [6.45, 7) is 7.73. The number of halogens is 1. The number of benzene rings is 2. The number of likely N-dealkylation sites (tertiary alicyclic amines) is 1. The van der Waals surface area contributed by atoms with Crippen molar-refractivity contribution in [2.75, 3.05) is 32.8 Å². The third-order valence-corrected chi connectivity index (χ3v) is 6.61. The van der Waals surface area contributed by atoms with Crippen molar-refractivity contribution >= 4 is 23.3 Å². The molecule has 0 saturated carbocycles. The Hall–Kier alpha value is -2.54. The minimum Gasteiger partial charge on any atom is -0.486 e. The molecule has 33 heavy (non-hydrogen) atoms. The zero-order chi connectivity index (χ0) is 21.9. The van der Waals surface area contributed by atoms with E-state index in [1.807, 2.05) is 41.8 Å². The molecule has 176 valence electrons. The van der Waals surface area contributed by atoms with Gasteiger partial charge in [-0.05, 0) is 68.1 Å². The van der Waals surface area contributed by atoms with Gasteiger partial charge in [0.05, 0.1) is 5.52 Å². The summed E-state index contributed by atoms with van der Waals surface area (Å²) < 4.78 is 13.2. The lowest BCUT2D eigenvalue weighted by atomic mass is 10.0. The first-order valence-electron chi connectivity index (χ1n) is 11.6. The number of fused-ring (bicyclic) bond motifs is 2. The zero-order valence-corrected chi connectivity index (χ0v) is 19.9. The van der Waals surface area contributed by atoms with E-state index >= 15 is 0 Å². The van der Waals surface area contributed by atoms with E-state index in [0.717, 1.165) is 73.5 Å². The van der Waals surface area contributed by atoms with Crippen LogP contribution < -0.4 is 20.3 Å². The number of para-hydroxylation sites is 1. The quantitative estimate of drug-likeness (QED) is 0.595. The molecule has 1 saturated heterocycles. The van der Waals surface area contributed by atoms with E-state index in [2.05, 4.69) is 28.4 Å². The van der Waals surface area contributed by atoms with Crippen LogP contribution in [0.3, 0.4) is 0 Å². The summed E-state index contributed by atoms with van der Waals surface area (Å²) in [4.78, 5) is 15.2. The molecule has 0 spiro atoms. The fourth-order valence-corrected chi connectivity index (χ4v) is 4.76. The Morgan fingerprint density at radius 2 is 1.73 bits per heavy atom. The molecule has 2 aliphatic heterocycles. The Morgan fingerprint density at radius 1 is 0.970 bits per heavy atom. The van der Waals surface area contributed by atoms with Gasteiger partial charge in [0.15, 0.2) is 11.5 Å². The molecular formula is C26H32ClN3O3. The van der Waals surface area contributed by atoms with Crippen LogP contribution in [-0.2, 0) is 13.1 Å². The van der Waals surface area contributed by atoms with Gasteiger partial charge >= 0.3 is 0 Å². The van der Waals surface area contributed by atoms with E-state index in [1.165, 1.54) is 5.56 Å². The average Bonchev–Trinajstić information content (AvgIpc) is 2.83. The Balaban J connectivity index is 0.00000259. The van der Waals surface area contributed by atoms with Crippen molar-refractivity contribution in [3.63, 3.8) is 0 Å². The van der Waals surface area contributed by atoms with Gasteiger partial charge in [-0.15, -0.1) is 12.4 Å². The highest BCUT2D eigenvalue weighted by Crippen LogP contribution is 2.30. The van der Waals surface area contributed by atoms with Gasteiger partial charge in [-0.1, -0.05) is 24.3 Å². The van der Waals surface area contributed by atoms with Gasteiger partial charge in [0.2, 0.25) is 0 Å². The van der Waals surface area contributed by atoms with Crippen LogP contribution >= 0.6 is 12.4 Å². The van der Waals surface area contributed by atoms with Crippen LogP contribution in [0.1, 0.15) is 24.0 Å². The summed E-state index contributed by atoms with van der Waals surface area (Å²) in [7, 11) is 0. The van der Waals surface area contributed by atoms with Crippen molar-refractivity contribution in [2.45, 2.75) is 38.9 Å². The van der Waals surface area contributed by atoms with Gasteiger partial charge in [-0.2, -0.15) is 0 Å². The summed E-state index contributed by atoms with van der Waals surface area (Å²) in [5.74, 6) is 1.69. The highest BCUT2D eigenvalue weighted by molar-refractivity contribution is 5.85. The van der Waals surface area contributed by atoms with Gasteiger partial charge < -0.3 is 24.3 Å². The van der Waals surface area contributed by atoms with Crippen molar-refractivity contribution in [2.24, 2.45) is 0 Å². The molecule has 3 heterocycles. The lowest BCUT2D eigenvalue weighted by molar-refractivity contribution is 0.171. The second-order valence-corrected chi connectivity index (χ2v) is 8.82. The third kappa shape index (κ3) is 5.35. The number of nitrogens with one attached hydrogen (secondary N) is 1. The summed E-state index contributed by atoms with van der Waals surface area (Å²) in [6.07, 6.45) is 2.24. The normalized spacial score (nSPS) is 16.5. The van der Waals surface area contributed by atoms with E-state index in [-0.39, 0.29) is 18.0 Å². The molecule has 6 nitrogen and oxygen atoms in total. The first kappa shape index (κ1) is 23.6. The van der Waals surface area contributed by atoms with E-state index in [0.29, 0.717) is 19.3 Å². The van der Waals surface area contributed by atoms with Crippen LogP contribution in [0, 0.1) is 6.92 Å². The SMILES string of the molecule is Cc1cc2ccccc2n(CCN2CCC(NCc3ccc4c(c3)OCCO4)CC2)c1=O.Cl. The van der Waals surface area contributed by atoms with Crippen molar-refractivity contribution in [3.8, 4) is 11.5 Å². The maximum absolute atomic E-state index is 12.7. The summed E-state index contributed by atoms with van der Waals surface area (Å²) in [6, 6.07) is 16.9. The van der Waals surface area contributed by atoms with Crippen LogP contribution in [0.5, 0.6) is 11.5 Å². The number of aryl methyl sites for hydroxylation is 1. The number of ether oxygens (including phenoxy) is 2. The summed E-state index contributed by atoms with van der Waals surface area (Å²) >= 11 is 0. The van der Waals surface area contributed by atoms with E-state index in [1.54, 1.807) is 0 Å². The number of nitrogens with zero attached hydrogens (tertiary/aromatic N) is 2. The van der Waals surface area contributed by atoms with E-state index in [4.69, 9.17) is 9.47 Å². The van der Waals surface area contributed by atoms with Crippen LogP contribution in [-0.4, -0.2) is 48.4 Å². The smallest absolute Gasteiger partial charge is 0.253 e. The average molecular weight is 470 g/mol. The number of hydrogen-bond acceptors (Lipinski definition) is 5. The van der Waals surface area contributed by atoms with Gasteiger partial charge in [0, 0.05) is 31.2 Å². The first-order chi connectivity index (χ1) is 15.7. The molecule has 1 aromatic heterocycles. The van der Waals surface area contributed by atoms with Crippen LogP contribution in [0.2, 0.25) is 0 Å². The fourth-order valence-electron chi connectivity index (χ4n) is 4.76. The van der Waals surface area contributed by atoms with Gasteiger partial charge in [-0.25, -0.2) is 0 Å². The van der Waals surface area contributed by atoms with E-state index in [9.17, 15) is 4.79 Å². The minimum atomic E-state index is 0. The fraction of sp³-hybridized carbons (Fsp3) is 0.423. The molecule has 0 amide bonds. The molecule has 3 aromatic rings. The zero-order valence-electron chi connectivity index (χ0n) is 19.1. The Kier molecular flexibility index (Phi) is 7.58. The number of aromatic nitrogens is 1. The summed E-state index contributed by atoms with van der Waals surface area (Å²) in [5, 5.41) is 4.83. The maximum atomic E-state index is 12.7.